The maximum atomic E-state index is 12.2. The molecule has 0 atom stereocenters. The largest absolute Gasteiger partial charge is 0.305 e. The van der Waals surface area contributed by atoms with Gasteiger partial charge in [-0.2, -0.15) is 0 Å². The number of hydrogen-bond donors (Lipinski definition) is 0. The first-order valence-corrected chi connectivity index (χ1v) is 8.03. The molecule has 2 rings (SSSR count). The average molecular weight is 309 g/mol. The molecule has 0 saturated heterocycles. The molecule has 23 heavy (non-hydrogen) atoms. The van der Waals surface area contributed by atoms with Gasteiger partial charge in [0, 0.05) is 17.7 Å². The molecule has 0 spiro atoms. The number of benzene rings is 2. The Labute approximate surface area is 140 Å². The summed E-state index contributed by atoms with van der Waals surface area (Å²) >= 11 is 0. The zero-order valence-electron chi connectivity index (χ0n) is 14.6. The van der Waals surface area contributed by atoms with Crippen LogP contribution in [-0.4, -0.2) is 24.8 Å². The second-order valence-electron chi connectivity index (χ2n) is 5.61. The topological polar surface area (TPSA) is 20.3 Å². The molecule has 0 radical (unpaired) electrons. The molecule has 0 saturated carbocycles. The standard InChI is InChI=1S/C16H17NO.C5H10/c1-17(2)12-13-8-10-15(11-9-13)16(18)14-6-4-3-5-7-14;1-3-5-4-2/h3-11H,12H2,1-2H3;3,5H,4H2,1-2H3. The van der Waals surface area contributed by atoms with Crippen LogP contribution in [0.5, 0.6) is 0 Å². The Morgan fingerprint density at radius 2 is 1.52 bits per heavy atom. The van der Waals surface area contributed by atoms with Crippen LogP contribution in [0.2, 0.25) is 0 Å². The average Bonchev–Trinajstić information content (AvgIpc) is 2.56. The van der Waals surface area contributed by atoms with E-state index >= 15 is 0 Å². The van der Waals surface area contributed by atoms with Crippen LogP contribution in [0.15, 0.2) is 66.7 Å². The van der Waals surface area contributed by atoms with Gasteiger partial charge in [0.2, 0.25) is 0 Å². The molecule has 2 aromatic carbocycles. The third-order valence-electron chi connectivity index (χ3n) is 3.22. The molecule has 2 heteroatoms. The number of carbonyl (C=O) groups is 1. The summed E-state index contributed by atoms with van der Waals surface area (Å²) in [7, 11) is 4.06. The van der Waals surface area contributed by atoms with Crippen molar-refractivity contribution in [3.05, 3.63) is 83.4 Å². The fraction of sp³-hybridized carbons (Fsp3) is 0.286. The molecule has 0 unspecified atom stereocenters. The van der Waals surface area contributed by atoms with Gasteiger partial charge in [0.25, 0.3) is 0 Å². The number of hydrogen-bond acceptors (Lipinski definition) is 2. The molecule has 0 aromatic heterocycles. The summed E-state index contributed by atoms with van der Waals surface area (Å²) < 4.78 is 0. The van der Waals surface area contributed by atoms with Crippen LogP contribution in [0.4, 0.5) is 0 Å². The Hall–Kier alpha value is -2.19. The van der Waals surface area contributed by atoms with Gasteiger partial charge in [-0.05, 0) is 33.0 Å². The van der Waals surface area contributed by atoms with Crippen LogP contribution >= 0.6 is 0 Å². The minimum atomic E-state index is 0.0759. The molecule has 2 nitrogen and oxygen atoms in total. The van der Waals surface area contributed by atoms with Gasteiger partial charge in [0.1, 0.15) is 0 Å². The summed E-state index contributed by atoms with van der Waals surface area (Å²) in [6, 6.07) is 17.2. The van der Waals surface area contributed by atoms with Crippen molar-refractivity contribution in [1.82, 2.24) is 4.90 Å². The monoisotopic (exact) mass is 309 g/mol. The molecular weight excluding hydrogens is 282 g/mol. The number of ketones is 1. The zero-order valence-corrected chi connectivity index (χ0v) is 14.6. The highest BCUT2D eigenvalue weighted by Gasteiger charge is 2.07. The molecule has 0 amide bonds. The highest BCUT2D eigenvalue weighted by molar-refractivity contribution is 6.08. The van der Waals surface area contributed by atoms with E-state index < -0.39 is 0 Å². The van der Waals surface area contributed by atoms with Crippen molar-refractivity contribution in [2.24, 2.45) is 0 Å². The van der Waals surface area contributed by atoms with Gasteiger partial charge in [0.05, 0.1) is 0 Å². The summed E-state index contributed by atoms with van der Waals surface area (Å²) in [5.41, 5.74) is 2.69. The van der Waals surface area contributed by atoms with E-state index in [2.05, 4.69) is 24.0 Å². The minimum absolute atomic E-state index is 0.0759. The highest BCUT2D eigenvalue weighted by atomic mass is 16.1. The van der Waals surface area contributed by atoms with Gasteiger partial charge in [-0.1, -0.05) is 73.7 Å². The Balaban J connectivity index is 0.000000463. The number of allylic oxidation sites excluding steroid dienone is 2. The van der Waals surface area contributed by atoms with Crippen LogP contribution in [0.25, 0.3) is 0 Å². The van der Waals surface area contributed by atoms with E-state index in [1.54, 1.807) is 0 Å². The smallest absolute Gasteiger partial charge is 0.193 e. The molecule has 0 fully saturated rings. The Kier molecular flexibility index (Phi) is 8.63. The van der Waals surface area contributed by atoms with Crippen molar-refractivity contribution < 1.29 is 4.79 Å². The molecule has 122 valence electrons. The van der Waals surface area contributed by atoms with Crippen molar-refractivity contribution in [2.45, 2.75) is 26.8 Å². The van der Waals surface area contributed by atoms with Crippen molar-refractivity contribution in [3.63, 3.8) is 0 Å². The van der Waals surface area contributed by atoms with E-state index in [4.69, 9.17) is 0 Å². The molecule has 0 N–H and O–H groups in total. The number of nitrogens with zero attached hydrogens (tertiary/aromatic N) is 1. The van der Waals surface area contributed by atoms with Gasteiger partial charge >= 0.3 is 0 Å². The molecular formula is C21H27NO. The minimum Gasteiger partial charge on any atom is -0.305 e. The molecule has 0 aliphatic carbocycles. The SMILES string of the molecule is CC=CCC.CN(C)Cc1ccc(C(=O)c2ccccc2)cc1. The first kappa shape index (κ1) is 18.9. The number of rotatable bonds is 5. The van der Waals surface area contributed by atoms with Gasteiger partial charge in [-0.15, -0.1) is 0 Å². The van der Waals surface area contributed by atoms with Crippen molar-refractivity contribution in [1.29, 1.82) is 0 Å². The van der Waals surface area contributed by atoms with Gasteiger partial charge in [-0.25, -0.2) is 0 Å². The van der Waals surface area contributed by atoms with Crippen LogP contribution in [0, 0.1) is 0 Å². The van der Waals surface area contributed by atoms with Crippen LogP contribution < -0.4 is 0 Å². The summed E-state index contributed by atoms with van der Waals surface area (Å²) in [5, 5.41) is 0. The van der Waals surface area contributed by atoms with Crippen molar-refractivity contribution in [2.75, 3.05) is 14.1 Å². The van der Waals surface area contributed by atoms with Crippen LogP contribution in [-0.2, 0) is 6.54 Å². The maximum Gasteiger partial charge on any atom is 0.193 e. The molecule has 0 heterocycles. The zero-order chi connectivity index (χ0) is 17.1. The number of carbonyl (C=O) groups excluding carboxylic acids is 1. The molecule has 0 aliphatic heterocycles. The Morgan fingerprint density at radius 1 is 0.957 bits per heavy atom. The van der Waals surface area contributed by atoms with E-state index in [1.165, 1.54) is 5.56 Å². The second-order valence-corrected chi connectivity index (χ2v) is 5.61. The summed E-state index contributed by atoms with van der Waals surface area (Å²) in [6.45, 7) is 5.04. The lowest BCUT2D eigenvalue weighted by molar-refractivity contribution is 0.103. The maximum absolute atomic E-state index is 12.2. The van der Waals surface area contributed by atoms with Gasteiger partial charge < -0.3 is 4.90 Å². The van der Waals surface area contributed by atoms with E-state index in [1.807, 2.05) is 75.6 Å². The van der Waals surface area contributed by atoms with Crippen molar-refractivity contribution in [3.8, 4) is 0 Å². The fourth-order valence-electron chi connectivity index (χ4n) is 2.12. The highest BCUT2D eigenvalue weighted by Crippen LogP contribution is 2.11. The summed E-state index contributed by atoms with van der Waals surface area (Å²) in [5.74, 6) is 0.0759. The van der Waals surface area contributed by atoms with E-state index in [0.29, 0.717) is 0 Å². The molecule has 0 bridgehead atoms. The quantitative estimate of drug-likeness (QED) is 0.575. The lowest BCUT2D eigenvalue weighted by Crippen LogP contribution is -2.10. The first-order valence-electron chi connectivity index (χ1n) is 8.03. The second kappa shape index (κ2) is 10.5. The Bertz CT molecular complexity index is 597. The predicted octanol–water partition coefficient (Wildman–Crippen LogP) is 4.95. The predicted molar refractivity (Wildman–Crippen MR) is 98.8 cm³/mol. The van der Waals surface area contributed by atoms with E-state index in [-0.39, 0.29) is 5.78 Å². The van der Waals surface area contributed by atoms with Crippen LogP contribution in [0.3, 0.4) is 0 Å². The van der Waals surface area contributed by atoms with E-state index in [0.717, 1.165) is 24.1 Å². The van der Waals surface area contributed by atoms with E-state index in [9.17, 15) is 4.79 Å². The van der Waals surface area contributed by atoms with Crippen LogP contribution in [0.1, 0.15) is 41.8 Å². The third-order valence-corrected chi connectivity index (χ3v) is 3.22. The van der Waals surface area contributed by atoms with Gasteiger partial charge in [0.15, 0.2) is 5.78 Å². The van der Waals surface area contributed by atoms with Crippen molar-refractivity contribution >= 4 is 5.78 Å². The molecule has 0 aliphatic rings. The van der Waals surface area contributed by atoms with Gasteiger partial charge in [-0.3, -0.25) is 4.79 Å². The third kappa shape index (κ3) is 7.07. The lowest BCUT2D eigenvalue weighted by Gasteiger charge is -2.09. The summed E-state index contributed by atoms with van der Waals surface area (Å²) in [4.78, 5) is 14.3. The Morgan fingerprint density at radius 3 is 1.96 bits per heavy atom. The fourth-order valence-corrected chi connectivity index (χ4v) is 2.12. The normalized spacial score (nSPS) is 10.5. The lowest BCUT2D eigenvalue weighted by atomic mass is 10.0. The first-order chi connectivity index (χ1) is 11.1. The summed E-state index contributed by atoms with van der Waals surface area (Å²) in [6.07, 6.45) is 5.34. The molecule has 2 aromatic rings.